The molecule has 1 atom stereocenters. The Labute approximate surface area is 138 Å². The van der Waals surface area contributed by atoms with Crippen LogP contribution in [0.4, 0.5) is 4.79 Å². The fourth-order valence-corrected chi connectivity index (χ4v) is 2.80. The Balaban J connectivity index is 1.91. The number of urea groups is 1. The van der Waals surface area contributed by atoms with Crippen LogP contribution in [0, 0.1) is 0 Å². The van der Waals surface area contributed by atoms with E-state index in [1.54, 1.807) is 0 Å². The molecule has 130 valence electrons. The summed E-state index contributed by atoms with van der Waals surface area (Å²) < 4.78 is 5.40. The van der Waals surface area contributed by atoms with Crippen LogP contribution >= 0.6 is 0 Å². The molecule has 0 saturated carbocycles. The van der Waals surface area contributed by atoms with Crippen molar-refractivity contribution >= 4 is 6.03 Å². The fourth-order valence-electron chi connectivity index (χ4n) is 2.80. The number of carbonyl (C=O) groups is 1. The maximum absolute atomic E-state index is 12.4. The van der Waals surface area contributed by atoms with Crippen molar-refractivity contribution in [1.29, 1.82) is 0 Å². The van der Waals surface area contributed by atoms with Gasteiger partial charge in [0.1, 0.15) is 0 Å². The quantitative estimate of drug-likeness (QED) is 0.832. The number of piperazine rings is 1. The Hall–Kier alpha value is -1.63. The molecule has 0 N–H and O–H groups in total. The first-order valence-electron chi connectivity index (χ1n) is 8.59. The highest BCUT2D eigenvalue weighted by Crippen LogP contribution is 2.22. The zero-order valence-electron chi connectivity index (χ0n) is 14.9. The van der Waals surface area contributed by atoms with Gasteiger partial charge < -0.3 is 14.3 Å². The molecule has 0 aromatic carbocycles. The van der Waals surface area contributed by atoms with E-state index in [9.17, 15) is 4.79 Å². The predicted octanol–water partition coefficient (Wildman–Crippen LogP) is 2.33. The first-order chi connectivity index (χ1) is 11.0. The zero-order valence-corrected chi connectivity index (χ0v) is 14.9. The Morgan fingerprint density at radius 3 is 2.26 bits per heavy atom. The van der Waals surface area contributed by atoms with Gasteiger partial charge in [0.2, 0.25) is 5.89 Å². The SMILES string of the molecule is CCN(CC)C(=O)N1CCN([C@H](C)c2nc(C(C)C)no2)CC1. The van der Waals surface area contributed by atoms with Crippen LogP contribution in [0.2, 0.25) is 0 Å². The van der Waals surface area contributed by atoms with Crippen molar-refractivity contribution < 1.29 is 9.32 Å². The second-order valence-electron chi connectivity index (χ2n) is 6.30. The molecule has 7 nitrogen and oxygen atoms in total. The van der Waals surface area contributed by atoms with Gasteiger partial charge in [0.15, 0.2) is 5.82 Å². The van der Waals surface area contributed by atoms with Crippen LogP contribution in [-0.2, 0) is 0 Å². The molecule has 1 fully saturated rings. The third-order valence-corrected chi connectivity index (χ3v) is 4.50. The van der Waals surface area contributed by atoms with E-state index in [0.29, 0.717) is 5.89 Å². The van der Waals surface area contributed by atoms with E-state index >= 15 is 0 Å². The summed E-state index contributed by atoms with van der Waals surface area (Å²) in [6.45, 7) is 14.9. The summed E-state index contributed by atoms with van der Waals surface area (Å²) in [5.41, 5.74) is 0. The van der Waals surface area contributed by atoms with E-state index in [0.717, 1.165) is 45.1 Å². The number of hydrogen-bond acceptors (Lipinski definition) is 5. The Morgan fingerprint density at radius 2 is 1.78 bits per heavy atom. The highest BCUT2D eigenvalue weighted by atomic mass is 16.5. The Morgan fingerprint density at radius 1 is 1.17 bits per heavy atom. The van der Waals surface area contributed by atoms with Crippen LogP contribution in [0.3, 0.4) is 0 Å². The van der Waals surface area contributed by atoms with E-state index < -0.39 is 0 Å². The smallest absolute Gasteiger partial charge is 0.320 e. The van der Waals surface area contributed by atoms with Crippen LogP contribution in [0.1, 0.15) is 58.3 Å². The van der Waals surface area contributed by atoms with Crippen LogP contribution in [0.15, 0.2) is 4.52 Å². The Kier molecular flexibility index (Phi) is 5.98. The topological polar surface area (TPSA) is 65.7 Å². The van der Waals surface area contributed by atoms with Gasteiger partial charge in [0.05, 0.1) is 6.04 Å². The van der Waals surface area contributed by atoms with Crippen LogP contribution in [0.5, 0.6) is 0 Å². The summed E-state index contributed by atoms with van der Waals surface area (Å²) in [6.07, 6.45) is 0. The molecule has 1 aliphatic rings. The van der Waals surface area contributed by atoms with Crippen molar-refractivity contribution in [3.05, 3.63) is 11.7 Å². The lowest BCUT2D eigenvalue weighted by molar-refractivity contribution is 0.0866. The maximum Gasteiger partial charge on any atom is 0.320 e. The number of nitrogens with zero attached hydrogens (tertiary/aromatic N) is 5. The van der Waals surface area contributed by atoms with Gasteiger partial charge in [0, 0.05) is 45.2 Å². The van der Waals surface area contributed by atoms with Crippen LogP contribution in [0.25, 0.3) is 0 Å². The van der Waals surface area contributed by atoms with Gasteiger partial charge in [-0.25, -0.2) is 4.79 Å². The number of rotatable bonds is 5. The summed E-state index contributed by atoms with van der Waals surface area (Å²) in [5, 5.41) is 4.04. The number of carbonyl (C=O) groups excluding carboxylic acids is 1. The van der Waals surface area contributed by atoms with Gasteiger partial charge in [-0.15, -0.1) is 0 Å². The van der Waals surface area contributed by atoms with Crippen molar-refractivity contribution in [3.63, 3.8) is 0 Å². The first-order valence-corrected chi connectivity index (χ1v) is 8.59. The lowest BCUT2D eigenvalue weighted by atomic mass is 10.2. The molecule has 0 bridgehead atoms. The first kappa shape index (κ1) is 17.7. The van der Waals surface area contributed by atoms with Gasteiger partial charge in [0.25, 0.3) is 0 Å². The van der Waals surface area contributed by atoms with Crippen molar-refractivity contribution in [2.75, 3.05) is 39.3 Å². The maximum atomic E-state index is 12.4. The minimum Gasteiger partial charge on any atom is -0.338 e. The summed E-state index contributed by atoms with van der Waals surface area (Å²) in [6, 6.07) is 0.225. The average molecular weight is 323 g/mol. The third kappa shape index (κ3) is 4.02. The molecule has 1 aliphatic heterocycles. The molecule has 0 spiro atoms. The van der Waals surface area contributed by atoms with Gasteiger partial charge in [-0.3, -0.25) is 4.90 Å². The molecule has 1 aromatic heterocycles. The molecule has 2 rings (SSSR count). The highest BCUT2D eigenvalue weighted by Gasteiger charge is 2.29. The normalized spacial score (nSPS) is 17.6. The molecule has 2 amide bonds. The number of amides is 2. The molecule has 0 aliphatic carbocycles. The molecule has 1 aromatic rings. The molecule has 0 unspecified atom stereocenters. The third-order valence-electron chi connectivity index (χ3n) is 4.50. The van der Waals surface area contributed by atoms with Crippen molar-refractivity contribution in [3.8, 4) is 0 Å². The Bertz CT molecular complexity index is 504. The number of aromatic nitrogens is 2. The standard InChI is InChI=1S/C16H29N5O2/c1-6-19(7-2)16(22)21-10-8-20(9-11-21)13(5)15-17-14(12(3)4)18-23-15/h12-13H,6-11H2,1-5H3/t13-/m1/s1. The van der Waals surface area contributed by atoms with Crippen molar-refractivity contribution in [2.24, 2.45) is 0 Å². The van der Waals surface area contributed by atoms with E-state index in [1.165, 1.54) is 0 Å². The molecule has 1 saturated heterocycles. The second-order valence-corrected chi connectivity index (χ2v) is 6.30. The zero-order chi connectivity index (χ0) is 17.0. The molecule has 0 radical (unpaired) electrons. The minimum absolute atomic E-state index is 0.0840. The largest absolute Gasteiger partial charge is 0.338 e. The highest BCUT2D eigenvalue weighted by molar-refractivity contribution is 5.74. The van der Waals surface area contributed by atoms with E-state index in [2.05, 4.69) is 35.8 Å². The van der Waals surface area contributed by atoms with Crippen LogP contribution < -0.4 is 0 Å². The molecule has 2 heterocycles. The average Bonchev–Trinajstić information content (AvgIpc) is 3.05. The second kappa shape index (κ2) is 7.77. The summed E-state index contributed by atoms with van der Waals surface area (Å²) in [7, 11) is 0. The molecule has 23 heavy (non-hydrogen) atoms. The molecular weight excluding hydrogens is 294 g/mol. The molecular formula is C16H29N5O2. The van der Waals surface area contributed by atoms with E-state index in [4.69, 9.17) is 4.52 Å². The van der Waals surface area contributed by atoms with E-state index in [1.807, 2.05) is 23.6 Å². The predicted molar refractivity (Wildman–Crippen MR) is 88.3 cm³/mol. The van der Waals surface area contributed by atoms with Crippen LogP contribution in [-0.4, -0.2) is 70.1 Å². The summed E-state index contributed by atoms with van der Waals surface area (Å²) in [5.74, 6) is 1.68. The van der Waals surface area contributed by atoms with Crippen molar-refractivity contribution in [2.45, 2.75) is 46.6 Å². The number of hydrogen-bond donors (Lipinski definition) is 0. The minimum atomic E-state index is 0.0840. The molecule has 7 heteroatoms. The van der Waals surface area contributed by atoms with Gasteiger partial charge in [-0.1, -0.05) is 19.0 Å². The monoisotopic (exact) mass is 323 g/mol. The fraction of sp³-hybridized carbons (Fsp3) is 0.812. The van der Waals surface area contributed by atoms with E-state index in [-0.39, 0.29) is 18.0 Å². The lowest BCUT2D eigenvalue weighted by Crippen LogP contribution is -2.53. The van der Waals surface area contributed by atoms with Gasteiger partial charge in [-0.2, -0.15) is 4.98 Å². The van der Waals surface area contributed by atoms with Crippen molar-refractivity contribution in [1.82, 2.24) is 24.8 Å². The summed E-state index contributed by atoms with van der Waals surface area (Å²) >= 11 is 0. The van der Waals surface area contributed by atoms with Gasteiger partial charge in [-0.05, 0) is 20.8 Å². The lowest BCUT2D eigenvalue weighted by Gasteiger charge is -2.38. The summed E-state index contributed by atoms with van der Waals surface area (Å²) in [4.78, 5) is 23.0. The van der Waals surface area contributed by atoms with Gasteiger partial charge >= 0.3 is 6.03 Å².